The molecule has 0 aliphatic carbocycles. The number of ether oxygens (including phenoxy) is 1. The molecule has 2 aromatic rings. The average Bonchev–Trinajstić information content (AvgIpc) is 3.24. The molecule has 1 aliphatic rings. The van der Waals surface area contributed by atoms with Crippen molar-refractivity contribution in [3.8, 4) is 5.75 Å². The van der Waals surface area contributed by atoms with Crippen LogP contribution in [0.1, 0.15) is 10.4 Å². The first-order valence-corrected chi connectivity index (χ1v) is 9.45. The van der Waals surface area contributed by atoms with Gasteiger partial charge in [-0.15, -0.1) is 11.3 Å². The molecule has 26 heavy (non-hydrogen) atoms. The van der Waals surface area contributed by atoms with Crippen LogP contribution in [0.3, 0.4) is 0 Å². The Morgan fingerprint density at radius 1 is 1.27 bits per heavy atom. The molecule has 134 valence electrons. The molecule has 1 aliphatic heterocycles. The second-order valence-electron chi connectivity index (χ2n) is 5.41. The van der Waals surface area contributed by atoms with Crippen LogP contribution in [0.5, 0.6) is 5.75 Å². The largest absolute Gasteiger partial charge is 0.497 e. The summed E-state index contributed by atoms with van der Waals surface area (Å²) >= 11 is 2.33. The van der Waals surface area contributed by atoms with Gasteiger partial charge in [-0.2, -0.15) is 0 Å². The number of methoxy groups -OCH3 is 1. The van der Waals surface area contributed by atoms with Crippen LogP contribution in [0, 0.1) is 0 Å². The Bertz CT molecular complexity index is 862. The summed E-state index contributed by atoms with van der Waals surface area (Å²) < 4.78 is 5.13. The summed E-state index contributed by atoms with van der Waals surface area (Å²) in [6, 6.07) is 11.0. The zero-order valence-corrected chi connectivity index (χ0v) is 15.6. The molecule has 0 unspecified atom stereocenters. The van der Waals surface area contributed by atoms with E-state index in [4.69, 9.17) is 4.74 Å². The third kappa shape index (κ3) is 4.33. The van der Waals surface area contributed by atoms with Crippen LogP contribution in [-0.4, -0.2) is 35.6 Å². The van der Waals surface area contributed by atoms with Gasteiger partial charge in [-0.1, -0.05) is 18.2 Å². The highest BCUT2D eigenvalue weighted by molar-refractivity contribution is 8.18. The molecule has 0 saturated carbocycles. The van der Waals surface area contributed by atoms with Crippen molar-refractivity contribution in [2.24, 2.45) is 0 Å². The Balaban J connectivity index is 1.58. The number of nitrogens with one attached hydrogen (secondary N) is 1. The first-order chi connectivity index (χ1) is 12.6. The summed E-state index contributed by atoms with van der Waals surface area (Å²) in [5.74, 6) is -0.140. The van der Waals surface area contributed by atoms with Crippen LogP contribution in [0.15, 0.2) is 46.7 Å². The van der Waals surface area contributed by atoms with Gasteiger partial charge >= 0.3 is 0 Å². The molecule has 3 rings (SSSR count). The zero-order chi connectivity index (χ0) is 18.5. The Labute approximate surface area is 158 Å². The lowest BCUT2D eigenvalue weighted by atomic mass is 10.2. The Kier molecular flexibility index (Phi) is 5.75. The second kappa shape index (κ2) is 8.20. The van der Waals surface area contributed by atoms with Crippen LogP contribution in [0.4, 0.5) is 4.79 Å². The quantitative estimate of drug-likeness (QED) is 0.770. The third-order valence-corrected chi connectivity index (χ3v) is 5.34. The number of carbonyl (C=O) groups is 3. The standard InChI is InChI=1S/C18H16N2O4S2/c1-24-13-5-2-4-12(8-13)10-19-16(21)11-20-17(22)15(26-18(20)23)9-14-6-3-7-25-14/h2-9H,10-11H2,1H3,(H,19,21)/b15-9-. The summed E-state index contributed by atoms with van der Waals surface area (Å²) in [5, 5.41) is 4.17. The number of benzene rings is 1. The molecule has 1 aromatic carbocycles. The predicted octanol–water partition coefficient (Wildman–Crippen LogP) is 3.11. The molecule has 1 aromatic heterocycles. The highest BCUT2D eigenvalue weighted by Gasteiger charge is 2.36. The van der Waals surface area contributed by atoms with Crippen LogP contribution >= 0.6 is 23.1 Å². The van der Waals surface area contributed by atoms with Crippen LogP contribution in [0.2, 0.25) is 0 Å². The lowest BCUT2D eigenvalue weighted by Gasteiger charge is -2.12. The third-order valence-electron chi connectivity index (χ3n) is 3.62. The smallest absolute Gasteiger partial charge is 0.294 e. The van der Waals surface area contributed by atoms with Crippen molar-refractivity contribution in [2.45, 2.75) is 6.54 Å². The Morgan fingerprint density at radius 2 is 2.12 bits per heavy atom. The van der Waals surface area contributed by atoms with Crippen molar-refractivity contribution >= 4 is 46.2 Å². The van der Waals surface area contributed by atoms with Crippen LogP contribution < -0.4 is 10.1 Å². The van der Waals surface area contributed by atoms with Gasteiger partial charge in [0.15, 0.2) is 0 Å². The number of hydrogen-bond acceptors (Lipinski definition) is 6. The van der Waals surface area contributed by atoms with Crippen molar-refractivity contribution in [1.29, 1.82) is 0 Å². The maximum absolute atomic E-state index is 12.4. The minimum Gasteiger partial charge on any atom is -0.497 e. The van der Waals surface area contributed by atoms with Gasteiger partial charge < -0.3 is 10.1 Å². The van der Waals surface area contributed by atoms with Gasteiger partial charge in [-0.05, 0) is 47.0 Å². The maximum Gasteiger partial charge on any atom is 0.294 e. The molecule has 3 amide bonds. The highest BCUT2D eigenvalue weighted by atomic mass is 32.2. The van der Waals surface area contributed by atoms with Gasteiger partial charge in [0, 0.05) is 11.4 Å². The lowest BCUT2D eigenvalue weighted by molar-refractivity contribution is -0.129. The van der Waals surface area contributed by atoms with E-state index in [9.17, 15) is 14.4 Å². The van der Waals surface area contributed by atoms with Gasteiger partial charge in [0.25, 0.3) is 11.1 Å². The van der Waals surface area contributed by atoms with E-state index in [1.807, 2.05) is 41.8 Å². The molecular weight excluding hydrogens is 372 g/mol. The maximum atomic E-state index is 12.4. The van der Waals surface area contributed by atoms with Crippen molar-refractivity contribution in [2.75, 3.05) is 13.7 Å². The summed E-state index contributed by atoms with van der Waals surface area (Å²) in [5.41, 5.74) is 0.865. The number of amides is 3. The summed E-state index contributed by atoms with van der Waals surface area (Å²) in [6.45, 7) is -0.00625. The summed E-state index contributed by atoms with van der Waals surface area (Å²) in [7, 11) is 1.57. The number of thioether (sulfide) groups is 1. The van der Waals surface area contributed by atoms with Gasteiger partial charge in [0.2, 0.25) is 5.91 Å². The average molecular weight is 388 g/mol. The fourth-order valence-electron chi connectivity index (χ4n) is 2.32. The molecule has 1 saturated heterocycles. The SMILES string of the molecule is COc1cccc(CNC(=O)CN2C(=O)S/C(=C\c3cccs3)C2=O)c1. The highest BCUT2D eigenvalue weighted by Crippen LogP contribution is 2.32. The van der Waals surface area contributed by atoms with Gasteiger partial charge in [-0.25, -0.2) is 0 Å². The minimum atomic E-state index is -0.440. The number of imide groups is 1. The number of nitrogens with zero attached hydrogens (tertiary/aromatic N) is 1. The number of hydrogen-bond donors (Lipinski definition) is 1. The van der Waals surface area contributed by atoms with E-state index in [0.717, 1.165) is 27.1 Å². The van der Waals surface area contributed by atoms with Crippen molar-refractivity contribution in [1.82, 2.24) is 10.2 Å². The number of thiophene rings is 1. The summed E-state index contributed by atoms with van der Waals surface area (Å²) in [4.78, 5) is 38.7. The van der Waals surface area contributed by atoms with Crippen molar-refractivity contribution in [3.63, 3.8) is 0 Å². The van der Waals surface area contributed by atoms with E-state index < -0.39 is 17.1 Å². The van der Waals surface area contributed by atoms with Gasteiger partial charge in [0.1, 0.15) is 12.3 Å². The predicted molar refractivity (Wildman–Crippen MR) is 102 cm³/mol. The Morgan fingerprint density at radius 3 is 2.85 bits per heavy atom. The normalized spacial score (nSPS) is 15.6. The first-order valence-electron chi connectivity index (χ1n) is 7.75. The van der Waals surface area contributed by atoms with E-state index in [1.165, 1.54) is 11.3 Å². The molecule has 1 N–H and O–H groups in total. The number of rotatable bonds is 6. The molecular formula is C18H16N2O4S2. The summed E-state index contributed by atoms with van der Waals surface area (Å²) in [6.07, 6.45) is 1.67. The first kappa shape index (κ1) is 18.2. The minimum absolute atomic E-state index is 0.289. The Hall–Kier alpha value is -2.58. The van der Waals surface area contributed by atoms with Gasteiger partial charge in [-0.3, -0.25) is 19.3 Å². The molecule has 1 fully saturated rings. The fourth-order valence-corrected chi connectivity index (χ4v) is 3.88. The molecule has 0 radical (unpaired) electrons. The molecule has 2 heterocycles. The monoisotopic (exact) mass is 388 g/mol. The molecule has 6 nitrogen and oxygen atoms in total. The van der Waals surface area contributed by atoms with Gasteiger partial charge in [0.05, 0.1) is 12.0 Å². The van der Waals surface area contributed by atoms with Crippen LogP contribution in [-0.2, 0) is 16.1 Å². The van der Waals surface area contributed by atoms with E-state index >= 15 is 0 Å². The van der Waals surface area contributed by atoms with Crippen LogP contribution in [0.25, 0.3) is 6.08 Å². The van der Waals surface area contributed by atoms with Crippen molar-refractivity contribution < 1.29 is 19.1 Å². The fraction of sp³-hybridized carbons (Fsp3) is 0.167. The molecule has 0 atom stereocenters. The van der Waals surface area contributed by atoms with Crippen molar-refractivity contribution in [3.05, 3.63) is 57.1 Å². The van der Waals surface area contributed by atoms with E-state index in [1.54, 1.807) is 13.2 Å². The van der Waals surface area contributed by atoms with E-state index in [2.05, 4.69) is 5.32 Å². The lowest BCUT2D eigenvalue weighted by Crippen LogP contribution is -2.39. The second-order valence-corrected chi connectivity index (χ2v) is 7.38. The topological polar surface area (TPSA) is 75.7 Å². The molecule has 8 heteroatoms. The molecule has 0 bridgehead atoms. The molecule has 0 spiro atoms. The number of carbonyl (C=O) groups excluding carboxylic acids is 3. The van der Waals surface area contributed by atoms with E-state index in [-0.39, 0.29) is 13.1 Å². The van der Waals surface area contributed by atoms with E-state index in [0.29, 0.717) is 10.7 Å². The zero-order valence-electron chi connectivity index (χ0n) is 13.9.